The van der Waals surface area contributed by atoms with E-state index in [1.807, 2.05) is 0 Å². The highest BCUT2D eigenvalue weighted by atomic mass is 16.5. The molecule has 0 heterocycles. The molecule has 6 nitrogen and oxygen atoms in total. The summed E-state index contributed by atoms with van der Waals surface area (Å²) in [7, 11) is 1.37. The van der Waals surface area contributed by atoms with E-state index in [1.54, 1.807) is 0 Å². The molecule has 0 spiro atoms. The number of aromatic hydroxyl groups is 1. The molecule has 0 aliphatic heterocycles. The Kier molecular flexibility index (Phi) is 4.67. The first-order valence-electron chi connectivity index (χ1n) is 5.30. The van der Waals surface area contributed by atoms with Gasteiger partial charge in [0.05, 0.1) is 0 Å². The molecule has 1 aromatic carbocycles. The van der Waals surface area contributed by atoms with Crippen LogP contribution in [-0.2, 0) is 14.3 Å². The molecule has 0 aromatic heterocycles. The number of phenolic OH excluding ortho intramolecular Hbond substituents is 1. The fourth-order valence-electron chi connectivity index (χ4n) is 1.38. The molecule has 0 fully saturated rings. The van der Waals surface area contributed by atoms with Gasteiger partial charge in [-0.1, -0.05) is 0 Å². The van der Waals surface area contributed by atoms with Crippen LogP contribution in [0.25, 0.3) is 0 Å². The quantitative estimate of drug-likeness (QED) is 0.812. The number of carbonyl (C=O) groups excluding carboxylic acids is 1. The number of rotatable bonds is 5. The van der Waals surface area contributed by atoms with E-state index in [0.717, 1.165) is 4.90 Å². The van der Waals surface area contributed by atoms with Gasteiger partial charge in [-0.3, -0.25) is 14.5 Å². The van der Waals surface area contributed by atoms with E-state index in [2.05, 4.69) is 0 Å². The largest absolute Gasteiger partial charge is 0.508 e. The zero-order chi connectivity index (χ0) is 13.7. The highest BCUT2D eigenvalue weighted by Crippen LogP contribution is 2.19. The maximum atomic E-state index is 12.0. The van der Waals surface area contributed by atoms with Crippen molar-refractivity contribution in [2.24, 2.45) is 0 Å². The lowest BCUT2D eigenvalue weighted by atomic mass is 10.2. The fourth-order valence-corrected chi connectivity index (χ4v) is 1.38. The number of carbonyl (C=O) groups is 2. The fraction of sp³-hybridized carbons (Fsp3) is 0.333. The second-order valence-corrected chi connectivity index (χ2v) is 3.71. The van der Waals surface area contributed by atoms with Crippen molar-refractivity contribution in [1.29, 1.82) is 0 Å². The lowest BCUT2D eigenvalue weighted by Gasteiger charge is -2.23. The molecule has 18 heavy (non-hydrogen) atoms. The molecule has 1 aromatic rings. The predicted octanol–water partition coefficient (Wildman–Crippen LogP) is 0.845. The zero-order valence-corrected chi connectivity index (χ0v) is 10.2. The maximum absolute atomic E-state index is 12.0. The van der Waals surface area contributed by atoms with Crippen molar-refractivity contribution in [3.63, 3.8) is 0 Å². The minimum Gasteiger partial charge on any atom is -0.508 e. The normalized spacial score (nSPS) is 11.9. The van der Waals surface area contributed by atoms with Crippen LogP contribution in [0.4, 0.5) is 5.69 Å². The van der Waals surface area contributed by atoms with Crippen molar-refractivity contribution in [2.45, 2.75) is 13.0 Å². The molecule has 2 N–H and O–H groups in total. The molecule has 1 amide bonds. The summed E-state index contributed by atoms with van der Waals surface area (Å²) in [5.74, 6) is -1.54. The zero-order valence-electron chi connectivity index (χ0n) is 10.2. The average Bonchev–Trinajstić information content (AvgIpc) is 2.35. The van der Waals surface area contributed by atoms with Crippen LogP contribution < -0.4 is 4.90 Å². The van der Waals surface area contributed by atoms with E-state index in [9.17, 15) is 9.59 Å². The second-order valence-electron chi connectivity index (χ2n) is 3.71. The first-order valence-corrected chi connectivity index (χ1v) is 5.30. The molecular weight excluding hydrogens is 238 g/mol. The van der Waals surface area contributed by atoms with Gasteiger partial charge < -0.3 is 14.9 Å². The minimum atomic E-state index is -1.13. The van der Waals surface area contributed by atoms with Crippen molar-refractivity contribution in [2.75, 3.05) is 18.6 Å². The topological polar surface area (TPSA) is 87.1 Å². The smallest absolute Gasteiger partial charge is 0.323 e. The van der Waals surface area contributed by atoms with Crippen LogP contribution in [-0.4, -0.2) is 41.8 Å². The van der Waals surface area contributed by atoms with Crippen LogP contribution >= 0.6 is 0 Å². The molecule has 0 saturated carbocycles. The van der Waals surface area contributed by atoms with Gasteiger partial charge >= 0.3 is 5.97 Å². The van der Waals surface area contributed by atoms with Gasteiger partial charge in [0.25, 0.3) is 5.91 Å². The van der Waals surface area contributed by atoms with Gasteiger partial charge in [0, 0.05) is 12.8 Å². The summed E-state index contributed by atoms with van der Waals surface area (Å²) in [6, 6.07) is 5.71. The number of anilines is 1. The number of methoxy groups -OCH3 is 1. The number of amides is 1. The third-order valence-corrected chi connectivity index (χ3v) is 2.42. The number of phenols is 1. The van der Waals surface area contributed by atoms with Crippen molar-refractivity contribution in [3.8, 4) is 5.75 Å². The molecule has 0 aliphatic rings. The Morgan fingerprint density at radius 1 is 1.33 bits per heavy atom. The van der Waals surface area contributed by atoms with Gasteiger partial charge in [-0.2, -0.15) is 0 Å². The van der Waals surface area contributed by atoms with Gasteiger partial charge in [-0.15, -0.1) is 0 Å². The molecule has 0 saturated heterocycles. The summed E-state index contributed by atoms with van der Waals surface area (Å²) in [5.41, 5.74) is 0.393. The average molecular weight is 253 g/mol. The second kappa shape index (κ2) is 6.02. The summed E-state index contributed by atoms with van der Waals surface area (Å²) >= 11 is 0. The van der Waals surface area contributed by atoms with Gasteiger partial charge in [0.1, 0.15) is 18.4 Å². The standard InChI is InChI=1S/C12H15NO5/c1-8(18-2)12(17)13(7-11(15)16)9-3-5-10(14)6-4-9/h3-6,8,14H,7H2,1-2H3,(H,15,16). The summed E-state index contributed by atoms with van der Waals surface area (Å²) in [4.78, 5) is 23.8. The lowest BCUT2D eigenvalue weighted by Crippen LogP contribution is -2.41. The number of hydrogen-bond acceptors (Lipinski definition) is 4. The number of carboxylic acids is 1. The number of nitrogens with zero attached hydrogens (tertiary/aromatic N) is 1. The summed E-state index contributed by atoms with van der Waals surface area (Å²) in [6.07, 6.45) is -0.738. The van der Waals surface area contributed by atoms with Crippen LogP contribution in [0.3, 0.4) is 0 Å². The third-order valence-electron chi connectivity index (χ3n) is 2.42. The van der Waals surface area contributed by atoms with Crippen LogP contribution in [0, 0.1) is 0 Å². The van der Waals surface area contributed by atoms with Gasteiger partial charge in [0.2, 0.25) is 0 Å². The molecule has 1 unspecified atom stereocenters. The molecule has 6 heteroatoms. The Morgan fingerprint density at radius 3 is 2.33 bits per heavy atom. The van der Waals surface area contributed by atoms with Crippen LogP contribution in [0.5, 0.6) is 5.75 Å². The number of hydrogen-bond donors (Lipinski definition) is 2. The summed E-state index contributed by atoms with van der Waals surface area (Å²) in [6.45, 7) is 1.08. The number of ether oxygens (including phenoxy) is 1. The highest BCUT2D eigenvalue weighted by molar-refractivity contribution is 5.99. The molecule has 98 valence electrons. The van der Waals surface area contributed by atoms with E-state index in [0.29, 0.717) is 5.69 Å². The van der Waals surface area contributed by atoms with Crippen LogP contribution in [0.15, 0.2) is 24.3 Å². The number of aliphatic carboxylic acids is 1. The number of benzene rings is 1. The van der Waals surface area contributed by atoms with E-state index in [1.165, 1.54) is 38.3 Å². The molecule has 0 bridgehead atoms. The summed E-state index contributed by atoms with van der Waals surface area (Å²) < 4.78 is 4.89. The first-order chi connectivity index (χ1) is 8.45. The molecule has 1 rings (SSSR count). The minimum absolute atomic E-state index is 0.0428. The van der Waals surface area contributed by atoms with Gasteiger partial charge in [-0.25, -0.2) is 0 Å². The van der Waals surface area contributed by atoms with Crippen molar-refractivity contribution < 1.29 is 24.5 Å². The molecule has 1 atom stereocenters. The van der Waals surface area contributed by atoms with E-state index >= 15 is 0 Å². The number of carboxylic acid groups (broad SMARTS) is 1. The monoisotopic (exact) mass is 253 g/mol. The third kappa shape index (κ3) is 3.46. The molecule has 0 radical (unpaired) electrons. The SMILES string of the molecule is COC(C)C(=O)N(CC(=O)O)c1ccc(O)cc1. The van der Waals surface area contributed by atoms with Crippen molar-refractivity contribution >= 4 is 17.6 Å². The molecule has 0 aliphatic carbocycles. The van der Waals surface area contributed by atoms with Crippen LogP contribution in [0.2, 0.25) is 0 Å². The van der Waals surface area contributed by atoms with E-state index in [-0.39, 0.29) is 5.75 Å². The van der Waals surface area contributed by atoms with Gasteiger partial charge in [-0.05, 0) is 31.2 Å². The van der Waals surface area contributed by atoms with Crippen molar-refractivity contribution in [3.05, 3.63) is 24.3 Å². The molecular formula is C12H15NO5. The Bertz CT molecular complexity index is 429. The highest BCUT2D eigenvalue weighted by Gasteiger charge is 2.23. The Hall–Kier alpha value is -2.08. The van der Waals surface area contributed by atoms with Crippen LogP contribution in [0.1, 0.15) is 6.92 Å². The van der Waals surface area contributed by atoms with Gasteiger partial charge in [0.15, 0.2) is 0 Å². The predicted molar refractivity (Wildman–Crippen MR) is 64.6 cm³/mol. The first kappa shape index (κ1) is 14.0. The maximum Gasteiger partial charge on any atom is 0.323 e. The lowest BCUT2D eigenvalue weighted by molar-refractivity contribution is -0.137. The van der Waals surface area contributed by atoms with E-state index in [4.69, 9.17) is 14.9 Å². The summed E-state index contributed by atoms with van der Waals surface area (Å²) in [5, 5.41) is 18.0. The Balaban J connectivity index is 3.01. The Morgan fingerprint density at radius 2 is 1.89 bits per heavy atom. The Labute approximate surface area is 104 Å². The van der Waals surface area contributed by atoms with Crippen molar-refractivity contribution in [1.82, 2.24) is 0 Å². The van der Waals surface area contributed by atoms with E-state index < -0.39 is 24.5 Å².